The van der Waals surface area contributed by atoms with Crippen LogP contribution in [0.2, 0.25) is 0 Å². The maximum absolute atomic E-state index is 12.2. The first-order valence-electron chi connectivity index (χ1n) is 5.99. The molecule has 0 atom stereocenters. The molecule has 2 rings (SSSR count). The third kappa shape index (κ3) is 3.35. The summed E-state index contributed by atoms with van der Waals surface area (Å²) in [4.78, 5) is 17.5. The molecular weight excluding hydrogens is 256 g/mol. The Labute approximate surface area is 117 Å². The predicted octanol–water partition coefficient (Wildman–Crippen LogP) is 3.67. The van der Waals surface area contributed by atoms with Crippen LogP contribution in [0.15, 0.2) is 41.4 Å². The lowest BCUT2D eigenvalue weighted by Crippen LogP contribution is -2.14. The van der Waals surface area contributed by atoms with Crippen LogP contribution in [0.4, 0.5) is 5.82 Å². The first-order valence-corrected chi connectivity index (χ1v) is 7.21. The molecule has 0 aliphatic rings. The van der Waals surface area contributed by atoms with Gasteiger partial charge in [-0.05, 0) is 49.4 Å². The molecule has 1 heterocycles. The standard InChI is InChI=1S/C15H16N2OS/c1-10-4-7-14(16-9-10)17-15(18)13-8-12(19-3)6-5-11(13)2/h4-9H,1-3H3,(H,16,17,18). The summed E-state index contributed by atoms with van der Waals surface area (Å²) in [6, 6.07) is 9.61. The molecule has 0 radical (unpaired) electrons. The van der Waals surface area contributed by atoms with E-state index in [-0.39, 0.29) is 5.91 Å². The smallest absolute Gasteiger partial charge is 0.257 e. The third-order valence-corrected chi connectivity index (χ3v) is 3.57. The van der Waals surface area contributed by atoms with Crippen molar-refractivity contribution in [2.24, 2.45) is 0 Å². The van der Waals surface area contributed by atoms with E-state index in [1.807, 2.05) is 44.4 Å². The van der Waals surface area contributed by atoms with Crippen molar-refractivity contribution < 1.29 is 4.79 Å². The van der Waals surface area contributed by atoms with E-state index in [1.54, 1.807) is 24.0 Å². The number of hydrogen-bond acceptors (Lipinski definition) is 3. The molecule has 0 spiro atoms. The van der Waals surface area contributed by atoms with E-state index in [0.717, 1.165) is 16.0 Å². The number of nitrogens with one attached hydrogen (secondary N) is 1. The Morgan fingerprint density at radius 2 is 2.00 bits per heavy atom. The molecule has 0 fully saturated rings. The van der Waals surface area contributed by atoms with Crippen LogP contribution in [0.3, 0.4) is 0 Å². The van der Waals surface area contributed by atoms with Gasteiger partial charge in [0.2, 0.25) is 0 Å². The first-order chi connectivity index (χ1) is 9.10. The van der Waals surface area contributed by atoms with Gasteiger partial charge in [-0.2, -0.15) is 0 Å². The van der Waals surface area contributed by atoms with Gasteiger partial charge < -0.3 is 5.32 Å². The first kappa shape index (κ1) is 13.6. The summed E-state index contributed by atoms with van der Waals surface area (Å²) < 4.78 is 0. The number of pyridine rings is 1. The van der Waals surface area contributed by atoms with E-state index in [0.29, 0.717) is 11.4 Å². The number of rotatable bonds is 3. The van der Waals surface area contributed by atoms with Gasteiger partial charge in [-0.3, -0.25) is 4.79 Å². The molecule has 0 unspecified atom stereocenters. The van der Waals surface area contributed by atoms with Crippen molar-refractivity contribution in [1.29, 1.82) is 0 Å². The molecule has 0 aliphatic heterocycles. The number of nitrogens with zero attached hydrogens (tertiary/aromatic N) is 1. The highest BCUT2D eigenvalue weighted by Crippen LogP contribution is 2.20. The molecule has 0 saturated heterocycles. The Morgan fingerprint density at radius 1 is 1.21 bits per heavy atom. The molecule has 0 aliphatic carbocycles. The number of amides is 1. The highest BCUT2D eigenvalue weighted by Gasteiger charge is 2.10. The second-order valence-electron chi connectivity index (χ2n) is 4.36. The summed E-state index contributed by atoms with van der Waals surface area (Å²) in [6.07, 6.45) is 3.73. The highest BCUT2D eigenvalue weighted by molar-refractivity contribution is 7.98. The van der Waals surface area contributed by atoms with Crippen LogP contribution >= 0.6 is 11.8 Å². The van der Waals surface area contributed by atoms with Gasteiger partial charge in [0.15, 0.2) is 0 Å². The minimum atomic E-state index is -0.121. The number of carbonyl (C=O) groups is 1. The van der Waals surface area contributed by atoms with Gasteiger partial charge in [-0.25, -0.2) is 4.98 Å². The van der Waals surface area contributed by atoms with Gasteiger partial charge in [0, 0.05) is 16.7 Å². The van der Waals surface area contributed by atoms with E-state index in [4.69, 9.17) is 0 Å². The van der Waals surface area contributed by atoms with Crippen LogP contribution in [0.25, 0.3) is 0 Å². The average molecular weight is 272 g/mol. The van der Waals surface area contributed by atoms with Gasteiger partial charge in [0.05, 0.1) is 0 Å². The fraction of sp³-hybridized carbons (Fsp3) is 0.200. The second-order valence-corrected chi connectivity index (χ2v) is 5.24. The average Bonchev–Trinajstić information content (AvgIpc) is 2.42. The molecule has 1 amide bonds. The lowest BCUT2D eigenvalue weighted by Gasteiger charge is -2.08. The van der Waals surface area contributed by atoms with E-state index in [9.17, 15) is 4.79 Å². The summed E-state index contributed by atoms with van der Waals surface area (Å²) in [5.41, 5.74) is 2.72. The largest absolute Gasteiger partial charge is 0.307 e. The van der Waals surface area contributed by atoms with Crippen LogP contribution < -0.4 is 5.32 Å². The molecule has 4 heteroatoms. The number of aromatic nitrogens is 1. The molecular formula is C15H16N2OS. The molecule has 19 heavy (non-hydrogen) atoms. The summed E-state index contributed by atoms with van der Waals surface area (Å²) in [7, 11) is 0. The van der Waals surface area contributed by atoms with Crippen molar-refractivity contribution in [1.82, 2.24) is 4.98 Å². The topological polar surface area (TPSA) is 42.0 Å². The quantitative estimate of drug-likeness (QED) is 0.867. The minimum absolute atomic E-state index is 0.121. The Balaban J connectivity index is 2.22. The fourth-order valence-electron chi connectivity index (χ4n) is 1.70. The van der Waals surface area contributed by atoms with Crippen molar-refractivity contribution in [3.05, 3.63) is 53.2 Å². The SMILES string of the molecule is CSc1ccc(C)c(C(=O)Nc2ccc(C)cn2)c1. The Hall–Kier alpha value is -1.81. The minimum Gasteiger partial charge on any atom is -0.307 e. The summed E-state index contributed by atoms with van der Waals surface area (Å²) in [6.45, 7) is 3.90. The normalized spacial score (nSPS) is 10.3. The maximum atomic E-state index is 12.2. The zero-order chi connectivity index (χ0) is 13.8. The molecule has 1 N–H and O–H groups in total. The van der Waals surface area contributed by atoms with Crippen LogP contribution in [0.5, 0.6) is 0 Å². The van der Waals surface area contributed by atoms with E-state index >= 15 is 0 Å². The number of aryl methyl sites for hydroxylation is 2. The van der Waals surface area contributed by atoms with Gasteiger partial charge >= 0.3 is 0 Å². The monoisotopic (exact) mass is 272 g/mol. The van der Waals surface area contributed by atoms with Gasteiger partial charge in [-0.1, -0.05) is 12.1 Å². The van der Waals surface area contributed by atoms with E-state index in [1.165, 1.54) is 0 Å². The molecule has 1 aromatic heterocycles. The predicted molar refractivity (Wildman–Crippen MR) is 79.9 cm³/mol. The van der Waals surface area contributed by atoms with Crippen molar-refractivity contribution in [2.75, 3.05) is 11.6 Å². The van der Waals surface area contributed by atoms with Crippen LogP contribution in [0, 0.1) is 13.8 Å². The van der Waals surface area contributed by atoms with Gasteiger partial charge in [-0.15, -0.1) is 11.8 Å². The zero-order valence-corrected chi connectivity index (χ0v) is 12.0. The third-order valence-electron chi connectivity index (χ3n) is 2.84. The zero-order valence-electron chi connectivity index (χ0n) is 11.2. The summed E-state index contributed by atoms with van der Waals surface area (Å²) in [5.74, 6) is 0.453. The van der Waals surface area contributed by atoms with E-state index < -0.39 is 0 Å². The lowest BCUT2D eigenvalue weighted by molar-refractivity contribution is 0.102. The van der Waals surface area contributed by atoms with Crippen molar-refractivity contribution >= 4 is 23.5 Å². The highest BCUT2D eigenvalue weighted by atomic mass is 32.2. The van der Waals surface area contributed by atoms with Crippen molar-refractivity contribution in [2.45, 2.75) is 18.7 Å². The van der Waals surface area contributed by atoms with Crippen molar-refractivity contribution in [3.63, 3.8) is 0 Å². The van der Waals surface area contributed by atoms with Crippen molar-refractivity contribution in [3.8, 4) is 0 Å². The van der Waals surface area contributed by atoms with Crippen LogP contribution in [0.1, 0.15) is 21.5 Å². The number of hydrogen-bond donors (Lipinski definition) is 1. The number of thioether (sulfide) groups is 1. The van der Waals surface area contributed by atoms with Crippen LogP contribution in [-0.2, 0) is 0 Å². The fourth-order valence-corrected chi connectivity index (χ4v) is 2.14. The summed E-state index contributed by atoms with van der Waals surface area (Å²) in [5, 5.41) is 2.82. The molecule has 1 aromatic carbocycles. The molecule has 0 saturated carbocycles. The number of benzene rings is 1. The molecule has 3 nitrogen and oxygen atoms in total. The summed E-state index contributed by atoms with van der Waals surface area (Å²) >= 11 is 1.62. The van der Waals surface area contributed by atoms with E-state index in [2.05, 4.69) is 10.3 Å². The molecule has 98 valence electrons. The van der Waals surface area contributed by atoms with Crippen LogP contribution in [-0.4, -0.2) is 17.1 Å². The number of anilines is 1. The molecule has 2 aromatic rings. The van der Waals surface area contributed by atoms with Gasteiger partial charge in [0.1, 0.15) is 5.82 Å². The maximum Gasteiger partial charge on any atom is 0.257 e. The Bertz CT molecular complexity index is 594. The number of carbonyl (C=O) groups excluding carboxylic acids is 1. The molecule has 0 bridgehead atoms. The lowest BCUT2D eigenvalue weighted by atomic mass is 10.1. The Morgan fingerprint density at radius 3 is 2.63 bits per heavy atom. The second kappa shape index (κ2) is 5.89. The Kier molecular flexibility index (Phi) is 4.22. The van der Waals surface area contributed by atoms with Gasteiger partial charge in [0.25, 0.3) is 5.91 Å².